The number of hydrogen-bond donors (Lipinski definition) is 1. The average Bonchev–Trinajstić information content (AvgIpc) is 2.89. The molecule has 1 aromatic heterocycles. The maximum Gasteiger partial charge on any atom is 0.251 e. The Morgan fingerprint density at radius 1 is 0.882 bits per heavy atom. The molecule has 172 valence electrons. The molecule has 1 fully saturated rings. The van der Waals surface area contributed by atoms with Gasteiger partial charge < -0.3 is 10.1 Å². The summed E-state index contributed by atoms with van der Waals surface area (Å²) in [5.74, 6) is 0.699. The van der Waals surface area contributed by atoms with Crippen molar-refractivity contribution in [3.8, 4) is 5.75 Å². The number of aromatic nitrogens is 1. The second-order valence-electron chi connectivity index (χ2n) is 8.82. The number of ether oxygens (including phenoxy) is 1. The van der Waals surface area contributed by atoms with Gasteiger partial charge in [-0.3, -0.25) is 9.69 Å². The highest BCUT2D eigenvalue weighted by Crippen LogP contribution is 2.18. The largest absolute Gasteiger partial charge is 0.487 e. The van der Waals surface area contributed by atoms with Crippen molar-refractivity contribution in [1.29, 1.82) is 0 Å². The Kier molecular flexibility index (Phi) is 6.82. The summed E-state index contributed by atoms with van der Waals surface area (Å²) >= 11 is 0. The summed E-state index contributed by atoms with van der Waals surface area (Å²) < 4.78 is 5.89. The van der Waals surface area contributed by atoms with Crippen LogP contribution >= 0.6 is 0 Å². The van der Waals surface area contributed by atoms with Gasteiger partial charge in [0.25, 0.3) is 5.91 Å². The van der Waals surface area contributed by atoms with Gasteiger partial charge in [0, 0.05) is 36.6 Å². The zero-order valence-corrected chi connectivity index (χ0v) is 19.2. The van der Waals surface area contributed by atoms with Crippen LogP contribution in [0.3, 0.4) is 0 Å². The van der Waals surface area contributed by atoms with Crippen molar-refractivity contribution < 1.29 is 9.53 Å². The predicted molar refractivity (Wildman–Crippen MR) is 135 cm³/mol. The molecule has 0 bridgehead atoms. The van der Waals surface area contributed by atoms with Gasteiger partial charge in [0.15, 0.2) is 0 Å². The zero-order valence-electron chi connectivity index (χ0n) is 19.2. The van der Waals surface area contributed by atoms with E-state index in [2.05, 4.69) is 45.5 Å². The minimum atomic E-state index is -0.0238. The van der Waals surface area contributed by atoms with E-state index >= 15 is 0 Å². The van der Waals surface area contributed by atoms with Crippen molar-refractivity contribution in [2.24, 2.45) is 0 Å². The Hall–Kier alpha value is -3.70. The Morgan fingerprint density at radius 2 is 1.62 bits per heavy atom. The lowest BCUT2D eigenvalue weighted by molar-refractivity contribution is 0.0909. The minimum Gasteiger partial charge on any atom is -0.487 e. The van der Waals surface area contributed by atoms with Gasteiger partial charge in [0.1, 0.15) is 12.4 Å². The third-order valence-electron chi connectivity index (χ3n) is 6.33. The smallest absolute Gasteiger partial charge is 0.251 e. The van der Waals surface area contributed by atoms with E-state index in [0.29, 0.717) is 12.2 Å². The van der Waals surface area contributed by atoms with Crippen LogP contribution in [0.25, 0.3) is 10.9 Å². The van der Waals surface area contributed by atoms with Crippen LogP contribution in [0.15, 0.2) is 91.0 Å². The average molecular weight is 452 g/mol. The highest BCUT2D eigenvalue weighted by atomic mass is 16.5. The van der Waals surface area contributed by atoms with E-state index in [1.807, 2.05) is 60.7 Å². The fourth-order valence-corrected chi connectivity index (χ4v) is 4.39. The molecule has 1 aliphatic heterocycles. The first kappa shape index (κ1) is 22.1. The van der Waals surface area contributed by atoms with Crippen molar-refractivity contribution >= 4 is 16.8 Å². The van der Waals surface area contributed by atoms with E-state index < -0.39 is 0 Å². The Morgan fingerprint density at radius 3 is 2.41 bits per heavy atom. The summed E-state index contributed by atoms with van der Waals surface area (Å²) in [6.45, 7) is 3.35. The van der Waals surface area contributed by atoms with Crippen LogP contribution in [-0.4, -0.2) is 34.9 Å². The number of nitrogens with zero attached hydrogens (tertiary/aromatic N) is 2. The number of amides is 1. The second-order valence-corrected chi connectivity index (χ2v) is 8.82. The third kappa shape index (κ3) is 5.61. The fourth-order valence-electron chi connectivity index (χ4n) is 4.39. The molecule has 0 atom stereocenters. The van der Waals surface area contributed by atoms with Crippen molar-refractivity contribution in [2.75, 3.05) is 13.1 Å². The molecule has 34 heavy (non-hydrogen) atoms. The lowest BCUT2D eigenvalue weighted by atomic mass is 10.0. The van der Waals surface area contributed by atoms with Gasteiger partial charge in [0.2, 0.25) is 0 Å². The topological polar surface area (TPSA) is 54.5 Å². The molecular formula is C29H29N3O2. The SMILES string of the molecule is O=C(NC1CCN(Cc2ccccc2)CC1)c1ccc(OCc2ccc3ccccc3n2)cc1. The van der Waals surface area contributed by atoms with Crippen molar-refractivity contribution in [3.63, 3.8) is 0 Å². The maximum atomic E-state index is 12.7. The van der Waals surface area contributed by atoms with Gasteiger partial charge in [0.05, 0.1) is 11.2 Å². The van der Waals surface area contributed by atoms with E-state index in [9.17, 15) is 4.79 Å². The molecule has 0 aliphatic carbocycles. The molecule has 5 heteroatoms. The maximum absolute atomic E-state index is 12.7. The van der Waals surface area contributed by atoms with E-state index in [4.69, 9.17) is 4.74 Å². The number of rotatable bonds is 7. The molecule has 5 rings (SSSR count). The molecule has 1 saturated heterocycles. The molecule has 0 saturated carbocycles. The van der Waals surface area contributed by atoms with Crippen LogP contribution in [-0.2, 0) is 13.2 Å². The quantitative estimate of drug-likeness (QED) is 0.419. The molecule has 3 aromatic carbocycles. The monoisotopic (exact) mass is 451 g/mol. The number of likely N-dealkylation sites (tertiary alicyclic amines) is 1. The number of carbonyl (C=O) groups excluding carboxylic acids is 1. The lowest BCUT2D eigenvalue weighted by Crippen LogP contribution is -2.44. The van der Waals surface area contributed by atoms with E-state index in [-0.39, 0.29) is 11.9 Å². The summed E-state index contributed by atoms with van der Waals surface area (Å²) in [7, 11) is 0. The van der Waals surface area contributed by atoms with Gasteiger partial charge in [-0.15, -0.1) is 0 Å². The molecule has 0 spiro atoms. The van der Waals surface area contributed by atoms with Gasteiger partial charge in [-0.2, -0.15) is 0 Å². The lowest BCUT2D eigenvalue weighted by Gasteiger charge is -2.32. The van der Waals surface area contributed by atoms with Crippen molar-refractivity contribution in [1.82, 2.24) is 15.2 Å². The third-order valence-corrected chi connectivity index (χ3v) is 6.33. The van der Waals surface area contributed by atoms with Crippen LogP contribution < -0.4 is 10.1 Å². The molecule has 2 heterocycles. The number of para-hydroxylation sites is 1. The first-order valence-corrected chi connectivity index (χ1v) is 11.9. The highest BCUT2D eigenvalue weighted by Gasteiger charge is 2.21. The molecule has 0 unspecified atom stereocenters. The van der Waals surface area contributed by atoms with Crippen LogP contribution in [0.1, 0.15) is 34.5 Å². The number of hydrogen-bond acceptors (Lipinski definition) is 4. The van der Waals surface area contributed by atoms with Crippen molar-refractivity contribution in [2.45, 2.75) is 32.0 Å². The number of carbonyl (C=O) groups is 1. The predicted octanol–water partition coefficient (Wildman–Crippen LogP) is 5.21. The van der Waals surface area contributed by atoms with E-state index in [0.717, 1.165) is 54.8 Å². The number of fused-ring (bicyclic) bond motifs is 1. The van der Waals surface area contributed by atoms with Crippen LogP contribution in [0, 0.1) is 0 Å². The molecule has 1 aliphatic rings. The standard InChI is InChI=1S/C29H29N3O2/c33-29(31-25-16-18-32(19-17-25)20-22-6-2-1-3-7-22)24-11-14-27(15-12-24)34-21-26-13-10-23-8-4-5-9-28(23)30-26/h1-15,25H,16-21H2,(H,31,33). The van der Waals surface area contributed by atoms with Crippen LogP contribution in [0.4, 0.5) is 0 Å². The summed E-state index contributed by atoms with van der Waals surface area (Å²) in [5.41, 5.74) is 3.83. The Balaban J connectivity index is 1.09. The first-order chi connectivity index (χ1) is 16.7. The minimum absolute atomic E-state index is 0.0238. The molecule has 0 radical (unpaired) electrons. The molecular weight excluding hydrogens is 422 g/mol. The molecule has 5 nitrogen and oxygen atoms in total. The summed E-state index contributed by atoms with van der Waals surface area (Å²) in [4.78, 5) is 19.8. The summed E-state index contributed by atoms with van der Waals surface area (Å²) in [5, 5.41) is 4.31. The Labute approximate surface area is 200 Å². The zero-order chi connectivity index (χ0) is 23.2. The van der Waals surface area contributed by atoms with Crippen LogP contribution in [0.2, 0.25) is 0 Å². The van der Waals surface area contributed by atoms with Gasteiger partial charge in [-0.05, 0) is 54.8 Å². The molecule has 4 aromatic rings. The molecule has 1 amide bonds. The molecule has 1 N–H and O–H groups in total. The van der Waals surface area contributed by atoms with E-state index in [1.54, 1.807) is 0 Å². The van der Waals surface area contributed by atoms with E-state index in [1.165, 1.54) is 5.56 Å². The Bertz CT molecular complexity index is 1230. The van der Waals surface area contributed by atoms with Crippen LogP contribution in [0.5, 0.6) is 5.75 Å². The highest BCUT2D eigenvalue weighted by molar-refractivity contribution is 5.94. The number of benzene rings is 3. The summed E-state index contributed by atoms with van der Waals surface area (Å²) in [6, 6.07) is 30.2. The van der Waals surface area contributed by atoms with Gasteiger partial charge in [-0.1, -0.05) is 54.6 Å². The van der Waals surface area contributed by atoms with Crippen molar-refractivity contribution in [3.05, 3.63) is 108 Å². The van der Waals surface area contributed by atoms with Gasteiger partial charge in [-0.25, -0.2) is 4.98 Å². The number of nitrogens with one attached hydrogen (secondary N) is 1. The second kappa shape index (κ2) is 10.5. The fraction of sp³-hybridized carbons (Fsp3) is 0.241. The number of pyridine rings is 1. The number of piperidine rings is 1. The first-order valence-electron chi connectivity index (χ1n) is 11.9. The van der Waals surface area contributed by atoms with Gasteiger partial charge >= 0.3 is 0 Å². The summed E-state index contributed by atoms with van der Waals surface area (Å²) in [6.07, 6.45) is 1.94. The normalized spacial score (nSPS) is 14.7.